The Morgan fingerprint density at radius 2 is 1.70 bits per heavy atom. The number of carbonyl (C=O) groups excluding carboxylic acids is 1. The van der Waals surface area contributed by atoms with Crippen LogP contribution in [0, 0.1) is 0 Å². The van der Waals surface area contributed by atoms with Crippen LogP contribution in [0.4, 0.5) is 13.2 Å². The van der Waals surface area contributed by atoms with E-state index in [0.29, 0.717) is 6.20 Å². The van der Waals surface area contributed by atoms with E-state index in [1.165, 1.54) is 49.6 Å². The number of pyridine rings is 1. The number of alkyl halides is 3. The van der Waals surface area contributed by atoms with Gasteiger partial charge in [0.05, 0.1) is 28.8 Å². The zero-order valence-corrected chi connectivity index (χ0v) is 20.8. The SMILES string of the molecule is COC(=O)c1ccc(C(O)c2cc3cc(C(F)(F)F)cnc3n2S(=O)(=O)c2cccc(C(C)C)c2)cc1. The average Bonchev–Trinajstić information content (AvgIpc) is 3.27. The van der Waals surface area contributed by atoms with E-state index in [9.17, 15) is 31.5 Å². The highest BCUT2D eigenvalue weighted by Crippen LogP contribution is 2.35. The van der Waals surface area contributed by atoms with Gasteiger partial charge in [-0.25, -0.2) is 22.2 Å². The van der Waals surface area contributed by atoms with Crippen molar-refractivity contribution < 1.29 is 36.2 Å². The summed E-state index contributed by atoms with van der Waals surface area (Å²) in [6.45, 7) is 3.79. The summed E-state index contributed by atoms with van der Waals surface area (Å²) >= 11 is 0. The van der Waals surface area contributed by atoms with Crippen LogP contribution in [0.1, 0.15) is 58.6 Å². The van der Waals surface area contributed by atoms with E-state index in [2.05, 4.69) is 9.72 Å². The minimum atomic E-state index is -4.70. The lowest BCUT2D eigenvalue weighted by molar-refractivity contribution is -0.137. The van der Waals surface area contributed by atoms with Crippen LogP contribution < -0.4 is 0 Å². The van der Waals surface area contributed by atoms with E-state index < -0.39 is 33.8 Å². The van der Waals surface area contributed by atoms with Crippen LogP contribution in [0.3, 0.4) is 0 Å². The number of carbonyl (C=O) groups is 1. The number of fused-ring (bicyclic) bond motifs is 1. The third kappa shape index (κ3) is 4.96. The lowest BCUT2D eigenvalue weighted by atomic mass is 10.0. The van der Waals surface area contributed by atoms with Gasteiger partial charge in [-0.3, -0.25) is 0 Å². The highest BCUT2D eigenvalue weighted by atomic mass is 32.2. The molecule has 0 aliphatic rings. The lowest BCUT2D eigenvalue weighted by Crippen LogP contribution is -2.19. The molecule has 0 spiro atoms. The van der Waals surface area contributed by atoms with Gasteiger partial charge in [-0.15, -0.1) is 0 Å². The molecule has 7 nitrogen and oxygen atoms in total. The zero-order chi connectivity index (χ0) is 27.1. The Balaban J connectivity index is 1.94. The third-order valence-corrected chi connectivity index (χ3v) is 7.66. The maximum Gasteiger partial charge on any atom is 0.417 e. The van der Waals surface area contributed by atoms with Crippen molar-refractivity contribution in [2.24, 2.45) is 0 Å². The van der Waals surface area contributed by atoms with Gasteiger partial charge in [0.2, 0.25) is 0 Å². The minimum absolute atomic E-state index is 0.0161. The van der Waals surface area contributed by atoms with Gasteiger partial charge in [0, 0.05) is 11.6 Å². The van der Waals surface area contributed by atoms with Crippen LogP contribution in [0.25, 0.3) is 11.0 Å². The molecule has 2 aromatic carbocycles. The molecule has 0 bridgehead atoms. The van der Waals surface area contributed by atoms with Gasteiger partial charge in [0.15, 0.2) is 5.65 Å². The second-order valence-corrected chi connectivity index (χ2v) is 10.5. The number of aliphatic hydroxyl groups is 1. The van der Waals surface area contributed by atoms with Gasteiger partial charge in [0.25, 0.3) is 10.0 Å². The molecule has 4 rings (SSSR count). The fraction of sp³-hybridized carbons (Fsp3) is 0.231. The predicted molar refractivity (Wildman–Crippen MR) is 130 cm³/mol. The van der Waals surface area contributed by atoms with E-state index in [0.717, 1.165) is 15.6 Å². The van der Waals surface area contributed by atoms with Crippen molar-refractivity contribution in [2.45, 2.75) is 36.9 Å². The van der Waals surface area contributed by atoms with Gasteiger partial charge < -0.3 is 9.84 Å². The number of rotatable bonds is 6. The maximum absolute atomic E-state index is 13.8. The van der Waals surface area contributed by atoms with Crippen molar-refractivity contribution >= 4 is 27.0 Å². The molecule has 0 amide bonds. The Bertz CT molecular complexity index is 1580. The highest BCUT2D eigenvalue weighted by Gasteiger charge is 2.33. The van der Waals surface area contributed by atoms with Gasteiger partial charge >= 0.3 is 12.1 Å². The third-order valence-electron chi connectivity index (χ3n) is 5.94. The number of halogens is 3. The molecular weight excluding hydrogens is 509 g/mol. The van der Waals surface area contributed by atoms with Gasteiger partial charge in [-0.1, -0.05) is 38.1 Å². The maximum atomic E-state index is 13.8. The molecule has 4 aromatic rings. The number of ether oxygens (including phenoxy) is 1. The molecule has 2 aromatic heterocycles. The van der Waals surface area contributed by atoms with Gasteiger partial charge in [-0.05, 0) is 53.4 Å². The summed E-state index contributed by atoms with van der Waals surface area (Å²) in [4.78, 5) is 15.5. The molecular formula is C26H23F3N2O5S. The van der Waals surface area contributed by atoms with Crippen molar-refractivity contribution in [1.29, 1.82) is 0 Å². The summed E-state index contributed by atoms with van der Waals surface area (Å²) in [5, 5.41) is 11.1. The topological polar surface area (TPSA) is 98.5 Å². The zero-order valence-electron chi connectivity index (χ0n) is 20.0. The quantitative estimate of drug-likeness (QED) is 0.339. The summed E-state index contributed by atoms with van der Waals surface area (Å²) in [5.74, 6) is -0.589. The number of nitrogens with zero attached hydrogens (tertiary/aromatic N) is 2. The molecule has 2 heterocycles. The predicted octanol–water partition coefficient (Wildman–Crippen LogP) is 5.28. The van der Waals surface area contributed by atoms with E-state index in [-0.39, 0.29) is 38.7 Å². The van der Waals surface area contributed by atoms with Gasteiger partial charge in [0.1, 0.15) is 6.10 Å². The first-order chi connectivity index (χ1) is 17.3. The molecule has 0 saturated carbocycles. The molecule has 0 radical (unpaired) electrons. The lowest BCUT2D eigenvalue weighted by Gasteiger charge is -2.17. The Morgan fingerprint density at radius 1 is 1.03 bits per heavy atom. The second-order valence-electron chi connectivity index (χ2n) is 8.72. The summed E-state index contributed by atoms with van der Waals surface area (Å²) in [6.07, 6.45) is -5.71. The number of hydrogen-bond donors (Lipinski definition) is 1. The number of esters is 1. The van der Waals surface area contributed by atoms with Crippen LogP contribution in [-0.4, -0.2) is 35.6 Å². The monoisotopic (exact) mass is 532 g/mol. The van der Waals surface area contributed by atoms with Crippen molar-refractivity contribution in [3.63, 3.8) is 0 Å². The molecule has 0 aliphatic carbocycles. The Kier molecular flexibility index (Phi) is 6.87. The van der Waals surface area contributed by atoms with Gasteiger partial charge in [-0.2, -0.15) is 13.2 Å². The smallest absolute Gasteiger partial charge is 0.417 e. The van der Waals surface area contributed by atoms with Crippen LogP contribution in [-0.2, 0) is 20.9 Å². The van der Waals surface area contributed by atoms with Crippen LogP contribution >= 0.6 is 0 Å². The Labute approximate surface area is 211 Å². The summed E-state index contributed by atoms with van der Waals surface area (Å²) in [6, 6.07) is 13.7. The number of hydrogen-bond acceptors (Lipinski definition) is 6. The summed E-state index contributed by atoms with van der Waals surface area (Å²) in [5.41, 5.74) is -0.372. The normalized spacial score (nSPS) is 13.2. The van der Waals surface area contributed by atoms with Crippen molar-refractivity contribution in [3.8, 4) is 0 Å². The number of aliphatic hydroxyl groups excluding tert-OH is 1. The fourth-order valence-electron chi connectivity index (χ4n) is 3.92. The largest absolute Gasteiger partial charge is 0.465 e. The molecule has 37 heavy (non-hydrogen) atoms. The van der Waals surface area contributed by atoms with Crippen molar-refractivity contribution in [1.82, 2.24) is 8.96 Å². The summed E-state index contributed by atoms with van der Waals surface area (Å²) in [7, 11) is -3.18. The molecule has 1 atom stereocenters. The van der Waals surface area contributed by atoms with E-state index in [1.807, 2.05) is 13.8 Å². The molecule has 11 heteroatoms. The molecule has 194 valence electrons. The fourth-order valence-corrected chi connectivity index (χ4v) is 5.47. The minimum Gasteiger partial charge on any atom is -0.465 e. The number of methoxy groups -OCH3 is 1. The van der Waals surface area contributed by atoms with Crippen molar-refractivity contribution in [3.05, 3.63) is 94.8 Å². The van der Waals surface area contributed by atoms with Crippen LogP contribution in [0.5, 0.6) is 0 Å². The second kappa shape index (κ2) is 9.64. The first kappa shape index (κ1) is 26.4. The number of benzene rings is 2. The molecule has 0 aliphatic heterocycles. The average molecular weight is 533 g/mol. The molecule has 0 fully saturated rings. The van der Waals surface area contributed by atoms with E-state index >= 15 is 0 Å². The molecule has 0 saturated heterocycles. The van der Waals surface area contributed by atoms with Crippen LogP contribution in [0.2, 0.25) is 0 Å². The standard InChI is InChI=1S/C26H23F3N2O5S/c1-15(2)18-5-4-6-21(12-18)37(34,35)31-22(13-19-11-20(26(27,28)29)14-30-24(19)31)23(32)16-7-9-17(10-8-16)25(33)36-3/h4-15,23,32H,1-3H3. The summed E-state index contributed by atoms with van der Waals surface area (Å²) < 4.78 is 73.1. The van der Waals surface area contributed by atoms with Crippen LogP contribution in [0.15, 0.2) is 71.8 Å². The Hall–Kier alpha value is -3.70. The van der Waals surface area contributed by atoms with E-state index in [4.69, 9.17) is 0 Å². The highest BCUT2D eigenvalue weighted by molar-refractivity contribution is 7.90. The van der Waals surface area contributed by atoms with E-state index in [1.54, 1.807) is 12.1 Å². The Morgan fingerprint density at radius 3 is 2.30 bits per heavy atom. The first-order valence-electron chi connectivity index (χ1n) is 11.1. The first-order valence-corrected chi connectivity index (χ1v) is 12.6. The molecule has 1 unspecified atom stereocenters. The molecule has 1 N–H and O–H groups in total. The number of aromatic nitrogens is 2. The van der Waals surface area contributed by atoms with Crippen molar-refractivity contribution in [2.75, 3.05) is 7.11 Å².